The van der Waals surface area contributed by atoms with E-state index in [0.29, 0.717) is 0 Å². The Morgan fingerprint density at radius 3 is 1.95 bits per heavy atom. The van der Waals surface area contributed by atoms with Crippen molar-refractivity contribution in [2.45, 2.75) is 39.5 Å². The summed E-state index contributed by atoms with van der Waals surface area (Å²) in [5, 5.41) is 5.45. The average Bonchev–Trinajstić information content (AvgIpc) is 3.08. The van der Waals surface area contributed by atoms with Crippen molar-refractivity contribution >= 4 is 29.5 Å². The van der Waals surface area contributed by atoms with E-state index in [1.54, 1.807) is 12.7 Å². The highest BCUT2D eigenvalue weighted by atomic mass is 32.2. The monoisotopic (exact) mass is 312 g/mol. The summed E-state index contributed by atoms with van der Waals surface area (Å²) in [6.07, 6.45) is 7.91. The van der Waals surface area contributed by atoms with Crippen LogP contribution in [0.1, 0.15) is 39.5 Å². The lowest BCUT2D eigenvalue weighted by molar-refractivity contribution is 0.661. The SMILES string of the molecule is C1=CSCS1.CCCCN(CCCC)c1ncncn1. The van der Waals surface area contributed by atoms with Crippen LogP contribution in [0.25, 0.3) is 0 Å². The lowest BCUT2D eigenvalue weighted by atomic mass is 10.3. The third-order valence-corrected chi connectivity index (χ3v) is 4.63. The van der Waals surface area contributed by atoms with E-state index < -0.39 is 0 Å². The summed E-state index contributed by atoms with van der Waals surface area (Å²) in [6.45, 7) is 6.48. The zero-order valence-electron chi connectivity index (χ0n) is 12.4. The number of hydrogen-bond acceptors (Lipinski definition) is 6. The molecule has 0 spiro atoms. The zero-order valence-corrected chi connectivity index (χ0v) is 14.0. The van der Waals surface area contributed by atoms with E-state index in [4.69, 9.17) is 0 Å². The molecule has 6 heteroatoms. The van der Waals surface area contributed by atoms with Gasteiger partial charge in [0.2, 0.25) is 5.95 Å². The molecule has 1 aromatic heterocycles. The molecule has 2 rings (SSSR count). The fourth-order valence-electron chi connectivity index (χ4n) is 1.60. The molecule has 2 heterocycles. The van der Waals surface area contributed by atoms with Crippen molar-refractivity contribution in [3.8, 4) is 0 Å². The van der Waals surface area contributed by atoms with Gasteiger partial charge < -0.3 is 4.90 Å². The molecule has 0 bridgehead atoms. The molecular weight excluding hydrogens is 288 g/mol. The van der Waals surface area contributed by atoms with Gasteiger partial charge in [-0.3, -0.25) is 0 Å². The van der Waals surface area contributed by atoms with Crippen LogP contribution in [-0.4, -0.2) is 33.1 Å². The molecule has 20 heavy (non-hydrogen) atoms. The minimum Gasteiger partial charge on any atom is -0.341 e. The standard InChI is InChI=1S/C11H20N4.C3H4S2/c1-3-5-7-15(8-6-4-2)11-13-9-12-10-14-11;1-2-5-3-4-1/h9-10H,3-8H2,1-2H3;1-2H,3H2. The summed E-state index contributed by atoms with van der Waals surface area (Å²) in [7, 11) is 0. The molecule has 0 radical (unpaired) electrons. The molecule has 0 atom stereocenters. The summed E-state index contributed by atoms with van der Waals surface area (Å²) in [4.78, 5) is 14.5. The Balaban J connectivity index is 0.000000333. The number of rotatable bonds is 7. The summed E-state index contributed by atoms with van der Waals surface area (Å²) in [6, 6.07) is 0. The summed E-state index contributed by atoms with van der Waals surface area (Å²) < 4.78 is 0. The molecule has 1 aliphatic rings. The van der Waals surface area contributed by atoms with E-state index in [2.05, 4.69) is 44.5 Å². The third-order valence-electron chi connectivity index (χ3n) is 2.71. The summed E-state index contributed by atoms with van der Waals surface area (Å²) in [5.41, 5.74) is 0. The van der Waals surface area contributed by atoms with Gasteiger partial charge >= 0.3 is 0 Å². The minimum atomic E-state index is 0.812. The second-order valence-corrected chi connectivity index (χ2v) is 6.51. The Bertz CT molecular complexity index is 345. The van der Waals surface area contributed by atoms with Crippen LogP contribution in [0.2, 0.25) is 0 Å². The molecule has 112 valence electrons. The first-order valence-electron chi connectivity index (χ1n) is 7.13. The maximum Gasteiger partial charge on any atom is 0.228 e. The van der Waals surface area contributed by atoms with Crippen molar-refractivity contribution in [1.82, 2.24) is 15.0 Å². The predicted octanol–water partition coefficient (Wildman–Crippen LogP) is 4.17. The van der Waals surface area contributed by atoms with Gasteiger partial charge in [0, 0.05) is 18.2 Å². The number of unbranched alkanes of at least 4 members (excludes halogenated alkanes) is 2. The van der Waals surface area contributed by atoms with Crippen LogP contribution in [0, 0.1) is 0 Å². The van der Waals surface area contributed by atoms with Gasteiger partial charge in [0.05, 0.1) is 0 Å². The molecular formula is C14H24N4S2. The lowest BCUT2D eigenvalue weighted by Crippen LogP contribution is -2.27. The van der Waals surface area contributed by atoms with Gasteiger partial charge in [-0.15, -0.1) is 23.5 Å². The molecule has 1 aliphatic heterocycles. The van der Waals surface area contributed by atoms with Gasteiger partial charge in [-0.1, -0.05) is 26.7 Å². The molecule has 0 aliphatic carbocycles. The van der Waals surface area contributed by atoms with E-state index in [1.165, 1.54) is 30.8 Å². The van der Waals surface area contributed by atoms with Crippen LogP contribution >= 0.6 is 23.5 Å². The van der Waals surface area contributed by atoms with Crippen LogP contribution in [0.4, 0.5) is 5.95 Å². The van der Waals surface area contributed by atoms with Crippen molar-refractivity contribution in [3.63, 3.8) is 0 Å². The highest BCUT2D eigenvalue weighted by Gasteiger charge is 2.07. The lowest BCUT2D eigenvalue weighted by Gasteiger charge is -2.21. The van der Waals surface area contributed by atoms with E-state index in [-0.39, 0.29) is 0 Å². The van der Waals surface area contributed by atoms with Crippen molar-refractivity contribution < 1.29 is 0 Å². The maximum atomic E-state index is 4.19. The largest absolute Gasteiger partial charge is 0.341 e. The number of anilines is 1. The second-order valence-electron chi connectivity index (χ2n) is 4.36. The number of aromatic nitrogens is 3. The van der Waals surface area contributed by atoms with Crippen molar-refractivity contribution in [1.29, 1.82) is 0 Å². The predicted molar refractivity (Wildman–Crippen MR) is 91.0 cm³/mol. The highest BCUT2D eigenvalue weighted by Crippen LogP contribution is 2.22. The molecule has 0 fully saturated rings. The quantitative estimate of drug-likeness (QED) is 0.752. The van der Waals surface area contributed by atoms with Crippen LogP contribution in [0.3, 0.4) is 0 Å². The topological polar surface area (TPSA) is 41.9 Å². The highest BCUT2D eigenvalue weighted by molar-refractivity contribution is 8.21. The minimum absolute atomic E-state index is 0.812. The van der Waals surface area contributed by atoms with Gasteiger partial charge in [0.15, 0.2) is 0 Å². The van der Waals surface area contributed by atoms with E-state index >= 15 is 0 Å². The molecule has 1 aromatic rings. The first-order chi connectivity index (χ1) is 9.88. The molecule has 0 unspecified atom stereocenters. The van der Waals surface area contributed by atoms with Crippen molar-refractivity contribution in [3.05, 3.63) is 23.5 Å². The Morgan fingerprint density at radius 1 is 1.00 bits per heavy atom. The van der Waals surface area contributed by atoms with Crippen LogP contribution in [0.15, 0.2) is 23.5 Å². The number of hydrogen-bond donors (Lipinski definition) is 0. The molecule has 0 N–H and O–H groups in total. The van der Waals surface area contributed by atoms with Gasteiger partial charge in [0.1, 0.15) is 12.7 Å². The molecule has 0 saturated heterocycles. The molecule has 0 aromatic carbocycles. The van der Waals surface area contributed by atoms with Crippen molar-refractivity contribution in [2.24, 2.45) is 0 Å². The Morgan fingerprint density at radius 2 is 1.55 bits per heavy atom. The third kappa shape index (κ3) is 7.75. The van der Waals surface area contributed by atoms with Crippen LogP contribution in [0.5, 0.6) is 0 Å². The normalized spacial score (nSPS) is 12.9. The molecule has 0 saturated carbocycles. The Hall–Kier alpha value is -0.750. The smallest absolute Gasteiger partial charge is 0.228 e. The van der Waals surface area contributed by atoms with Gasteiger partial charge in [-0.05, 0) is 23.7 Å². The Labute approximate surface area is 130 Å². The Kier molecular flexibility index (Phi) is 10.4. The average molecular weight is 313 g/mol. The molecule has 4 nitrogen and oxygen atoms in total. The zero-order chi connectivity index (χ0) is 14.5. The maximum absolute atomic E-state index is 4.19. The van der Waals surface area contributed by atoms with E-state index in [9.17, 15) is 0 Å². The van der Waals surface area contributed by atoms with Crippen LogP contribution < -0.4 is 4.90 Å². The van der Waals surface area contributed by atoms with Gasteiger partial charge in [0.25, 0.3) is 0 Å². The fourth-order valence-corrected chi connectivity index (χ4v) is 3.17. The first-order valence-corrected chi connectivity index (χ1v) is 9.23. The second kappa shape index (κ2) is 12.0. The van der Waals surface area contributed by atoms with E-state index in [0.717, 1.165) is 19.0 Å². The number of nitrogens with zero attached hydrogens (tertiary/aromatic N) is 4. The summed E-state index contributed by atoms with van der Waals surface area (Å²) >= 11 is 3.71. The first kappa shape index (κ1) is 17.3. The van der Waals surface area contributed by atoms with Gasteiger partial charge in [-0.2, -0.15) is 0 Å². The van der Waals surface area contributed by atoms with E-state index in [1.807, 2.05) is 23.5 Å². The number of thioether (sulfide) groups is 2. The molecule has 0 amide bonds. The van der Waals surface area contributed by atoms with Crippen LogP contribution in [-0.2, 0) is 0 Å². The summed E-state index contributed by atoms with van der Waals surface area (Å²) in [5.74, 6) is 0.812. The van der Waals surface area contributed by atoms with Crippen molar-refractivity contribution in [2.75, 3.05) is 23.1 Å². The van der Waals surface area contributed by atoms with Gasteiger partial charge in [-0.25, -0.2) is 15.0 Å². The fraction of sp³-hybridized carbons (Fsp3) is 0.643.